The van der Waals surface area contributed by atoms with E-state index in [1.807, 2.05) is 6.92 Å². The molecule has 0 heterocycles. The third kappa shape index (κ3) is 1.82. The zero-order valence-corrected chi connectivity index (χ0v) is 3.68. The molecule has 6 heavy (non-hydrogen) atoms. The molecule has 0 aliphatic rings. The Morgan fingerprint density at radius 1 is 2.00 bits per heavy atom. The Morgan fingerprint density at radius 2 is 2.50 bits per heavy atom. The highest BCUT2D eigenvalue weighted by atomic mass is 16.4. The molecule has 0 aromatic rings. The van der Waals surface area contributed by atoms with Crippen molar-refractivity contribution < 1.29 is 5.21 Å². The first-order valence-electron chi connectivity index (χ1n) is 1.77. The molecular weight excluding hydrogens is 76.9 g/mol. The summed E-state index contributed by atoms with van der Waals surface area (Å²) in [6.07, 6.45) is 0.608. The van der Waals surface area contributed by atoms with Crippen molar-refractivity contribution in [1.29, 1.82) is 0 Å². The smallest absolute Gasteiger partial charge is 0.140 e. The predicted molar refractivity (Wildman–Crippen MR) is 25.3 cm³/mol. The molecule has 0 fully saturated rings. The third-order valence-electron chi connectivity index (χ3n) is 0.491. The molecule has 2 nitrogen and oxygen atoms in total. The van der Waals surface area contributed by atoms with Gasteiger partial charge in [0.15, 0.2) is 0 Å². The van der Waals surface area contributed by atoms with E-state index in [0.29, 0.717) is 6.42 Å². The van der Waals surface area contributed by atoms with Gasteiger partial charge in [-0.1, -0.05) is 6.92 Å². The van der Waals surface area contributed by atoms with Crippen molar-refractivity contribution in [2.45, 2.75) is 13.3 Å². The Morgan fingerprint density at radius 3 is 2.50 bits per heavy atom. The molecule has 3 heteroatoms. The summed E-state index contributed by atoms with van der Waals surface area (Å²) in [6.45, 7) is 1.81. The van der Waals surface area contributed by atoms with E-state index in [2.05, 4.69) is 5.16 Å². The first-order chi connectivity index (χ1) is 2.81. The van der Waals surface area contributed by atoms with Gasteiger partial charge in [0, 0.05) is 5.61 Å². The summed E-state index contributed by atoms with van der Waals surface area (Å²) >= 11 is 0. The van der Waals surface area contributed by atoms with Gasteiger partial charge in [0.25, 0.3) is 0 Å². The van der Waals surface area contributed by atoms with Gasteiger partial charge in [0.1, 0.15) is 7.85 Å². The highest BCUT2D eigenvalue weighted by Crippen LogP contribution is 1.73. The fraction of sp³-hybridized carbons (Fsp3) is 0.667. The quantitative estimate of drug-likeness (QED) is 0.211. The molecular formula is C3H6BNO. The molecule has 32 valence electrons. The lowest BCUT2D eigenvalue weighted by Gasteiger charge is -1.82. The summed E-state index contributed by atoms with van der Waals surface area (Å²) < 4.78 is 0. The fourth-order valence-electron chi connectivity index (χ4n) is 0.0707. The standard InChI is InChI=1S/C3H6BNO/c1-2-3(4)5-6/h6H,2H2,1H3/b5-3-. The second kappa shape index (κ2) is 2.76. The van der Waals surface area contributed by atoms with Crippen molar-refractivity contribution in [3.8, 4) is 0 Å². The molecule has 0 rings (SSSR count). The Hall–Kier alpha value is -0.465. The maximum atomic E-state index is 7.80. The summed E-state index contributed by atoms with van der Waals surface area (Å²) in [5, 5.41) is 10.5. The van der Waals surface area contributed by atoms with E-state index < -0.39 is 0 Å². The molecule has 0 spiro atoms. The van der Waals surface area contributed by atoms with E-state index in [1.54, 1.807) is 0 Å². The van der Waals surface area contributed by atoms with Crippen LogP contribution in [0.25, 0.3) is 0 Å². The molecule has 0 saturated heterocycles. The van der Waals surface area contributed by atoms with Crippen LogP contribution in [0.15, 0.2) is 5.16 Å². The summed E-state index contributed by atoms with van der Waals surface area (Å²) in [6, 6.07) is 0. The Bertz CT molecular complexity index is 61.8. The van der Waals surface area contributed by atoms with Crippen LogP contribution < -0.4 is 0 Å². The number of nitrogens with zero attached hydrogens (tertiary/aromatic N) is 1. The van der Waals surface area contributed by atoms with Crippen LogP contribution in [0.2, 0.25) is 0 Å². The lowest BCUT2D eigenvalue weighted by Crippen LogP contribution is -1.91. The van der Waals surface area contributed by atoms with Crippen LogP contribution in [0.4, 0.5) is 0 Å². The molecule has 0 aromatic heterocycles. The molecule has 1 N–H and O–H groups in total. The van der Waals surface area contributed by atoms with E-state index in [-0.39, 0.29) is 5.61 Å². The van der Waals surface area contributed by atoms with E-state index in [9.17, 15) is 0 Å². The van der Waals surface area contributed by atoms with Gasteiger partial charge in [-0.15, -0.1) is 5.16 Å². The average Bonchev–Trinajstić information content (AvgIpc) is 1.65. The first-order valence-corrected chi connectivity index (χ1v) is 1.77. The van der Waals surface area contributed by atoms with Gasteiger partial charge in [-0.2, -0.15) is 0 Å². The third-order valence-corrected chi connectivity index (χ3v) is 0.491. The molecule has 0 saturated carbocycles. The molecule has 0 unspecified atom stereocenters. The Labute approximate surface area is 38.3 Å². The Balaban J connectivity index is 3.22. The summed E-state index contributed by atoms with van der Waals surface area (Å²) in [7, 11) is 4.97. The maximum Gasteiger partial charge on any atom is 0.140 e. The van der Waals surface area contributed by atoms with Crippen LogP contribution >= 0.6 is 0 Å². The molecule has 0 atom stereocenters. The van der Waals surface area contributed by atoms with Crippen LogP contribution in [0.5, 0.6) is 0 Å². The minimum absolute atomic E-state index is 0.273. The Kier molecular flexibility index (Phi) is 2.54. The summed E-state index contributed by atoms with van der Waals surface area (Å²) in [5.74, 6) is 0. The number of hydrogen-bond acceptors (Lipinski definition) is 2. The van der Waals surface area contributed by atoms with Crippen molar-refractivity contribution in [2.24, 2.45) is 5.16 Å². The van der Waals surface area contributed by atoms with Crippen LogP contribution in [0.3, 0.4) is 0 Å². The molecule has 0 aliphatic carbocycles. The zero-order chi connectivity index (χ0) is 4.99. The van der Waals surface area contributed by atoms with Crippen molar-refractivity contribution in [3.63, 3.8) is 0 Å². The summed E-state index contributed by atoms with van der Waals surface area (Å²) in [4.78, 5) is 0. The van der Waals surface area contributed by atoms with E-state index in [0.717, 1.165) is 0 Å². The monoisotopic (exact) mass is 83.1 g/mol. The largest absolute Gasteiger partial charge is 0.412 e. The van der Waals surface area contributed by atoms with Crippen LogP contribution in [-0.2, 0) is 0 Å². The number of hydrogen-bond donors (Lipinski definition) is 1. The molecule has 0 aliphatic heterocycles. The predicted octanol–water partition coefficient (Wildman–Crippen LogP) is 0.353. The highest BCUT2D eigenvalue weighted by Gasteiger charge is 1.77. The van der Waals surface area contributed by atoms with Gasteiger partial charge in [-0.05, 0) is 6.42 Å². The van der Waals surface area contributed by atoms with E-state index in [1.165, 1.54) is 0 Å². The van der Waals surface area contributed by atoms with Crippen molar-refractivity contribution in [1.82, 2.24) is 0 Å². The topological polar surface area (TPSA) is 32.6 Å². The molecule has 0 bridgehead atoms. The second-order valence-corrected chi connectivity index (χ2v) is 0.945. The normalized spacial score (nSPS) is 11.8. The van der Waals surface area contributed by atoms with Gasteiger partial charge in [-0.25, -0.2) is 0 Å². The van der Waals surface area contributed by atoms with Gasteiger partial charge in [0.05, 0.1) is 0 Å². The molecule has 0 aromatic carbocycles. The van der Waals surface area contributed by atoms with Gasteiger partial charge >= 0.3 is 0 Å². The van der Waals surface area contributed by atoms with Crippen LogP contribution in [0.1, 0.15) is 13.3 Å². The zero-order valence-electron chi connectivity index (χ0n) is 3.68. The van der Waals surface area contributed by atoms with E-state index in [4.69, 9.17) is 13.1 Å². The minimum Gasteiger partial charge on any atom is -0.412 e. The van der Waals surface area contributed by atoms with Crippen LogP contribution in [0, 0.1) is 0 Å². The van der Waals surface area contributed by atoms with E-state index >= 15 is 0 Å². The lowest BCUT2D eigenvalue weighted by atomic mass is 10.00. The highest BCUT2D eigenvalue weighted by molar-refractivity contribution is 6.59. The molecule has 0 amide bonds. The van der Waals surface area contributed by atoms with Crippen molar-refractivity contribution in [2.75, 3.05) is 0 Å². The average molecular weight is 82.9 g/mol. The van der Waals surface area contributed by atoms with Gasteiger partial charge in [-0.3, -0.25) is 0 Å². The maximum absolute atomic E-state index is 7.80. The lowest BCUT2D eigenvalue weighted by molar-refractivity contribution is 0.319. The first kappa shape index (κ1) is 5.53. The molecule has 2 radical (unpaired) electrons. The minimum atomic E-state index is 0.273. The second-order valence-electron chi connectivity index (χ2n) is 0.945. The number of rotatable bonds is 1. The van der Waals surface area contributed by atoms with Gasteiger partial charge in [0.2, 0.25) is 0 Å². The van der Waals surface area contributed by atoms with Gasteiger partial charge < -0.3 is 5.21 Å². The SMILES string of the molecule is [B]/C(CC)=N\O. The fourth-order valence-corrected chi connectivity index (χ4v) is 0.0707. The van der Waals surface area contributed by atoms with Crippen molar-refractivity contribution in [3.05, 3.63) is 0 Å². The number of oxime groups is 1. The van der Waals surface area contributed by atoms with Crippen LogP contribution in [-0.4, -0.2) is 18.7 Å². The van der Waals surface area contributed by atoms with Crippen molar-refractivity contribution >= 4 is 13.5 Å². The summed E-state index contributed by atoms with van der Waals surface area (Å²) in [5.41, 5.74) is 0.273.